The summed E-state index contributed by atoms with van der Waals surface area (Å²) < 4.78 is 0. The Morgan fingerprint density at radius 3 is 2.74 bits per heavy atom. The summed E-state index contributed by atoms with van der Waals surface area (Å²) in [6.07, 6.45) is 8.01. The van der Waals surface area contributed by atoms with E-state index in [2.05, 4.69) is 34.4 Å². The zero-order chi connectivity index (χ0) is 18.6. The van der Waals surface area contributed by atoms with Gasteiger partial charge in [0.15, 0.2) is 11.7 Å². The molecule has 0 spiro atoms. The van der Waals surface area contributed by atoms with Crippen LogP contribution >= 0.6 is 0 Å². The van der Waals surface area contributed by atoms with Gasteiger partial charge < -0.3 is 5.32 Å². The number of rotatable bonds is 6. The molecule has 6 nitrogen and oxygen atoms in total. The van der Waals surface area contributed by atoms with Gasteiger partial charge in [-0.15, -0.1) is 0 Å². The molecule has 1 aliphatic heterocycles. The van der Waals surface area contributed by atoms with Gasteiger partial charge in [0.1, 0.15) is 18.1 Å². The number of aromatic nitrogens is 2. The van der Waals surface area contributed by atoms with Crippen LogP contribution in [0.4, 0.5) is 5.82 Å². The summed E-state index contributed by atoms with van der Waals surface area (Å²) in [7, 11) is 0. The summed E-state index contributed by atoms with van der Waals surface area (Å²) in [4.78, 5) is 9.01. The summed E-state index contributed by atoms with van der Waals surface area (Å²) in [6, 6.07) is 11.8. The number of anilines is 1. The first kappa shape index (κ1) is 17.4. The quantitative estimate of drug-likeness (QED) is 0.831. The predicted octanol–water partition coefficient (Wildman–Crippen LogP) is 2.54. The number of hydrogen-bond acceptors (Lipinski definition) is 5. The fourth-order valence-corrected chi connectivity index (χ4v) is 3.28. The highest BCUT2D eigenvalue weighted by Crippen LogP contribution is 2.34. The van der Waals surface area contributed by atoms with Crippen LogP contribution in [0.5, 0.6) is 0 Å². The minimum atomic E-state index is 0.412. The van der Waals surface area contributed by atoms with Gasteiger partial charge in [-0.2, -0.15) is 10.3 Å². The van der Waals surface area contributed by atoms with Crippen molar-refractivity contribution in [2.24, 2.45) is 11.0 Å². The SMILES string of the molecule is CCC[NH+]1N=C(Nc2ccnc(-c3ccc(CC#N)cc3)n2)C=C1C1CC1. The van der Waals surface area contributed by atoms with Gasteiger partial charge in [-0.1, -0.05) is 36.3 Å². The summed E-state index contributed by atoms with van der Waals surface area (Å²) in [5, 5.41) is 18.1. The van der Waals surface area contributed by atoms with E-state index in [0.29, 0.717) is 18.2 Å². The summed E-state index contributed by atoms with van der Waals surface area (Å²) in [5.74, 6) is 2.96. The largest absolute Gasteiger partial charge is 0.320 e. The molecule has 1 unspecified atom stereocenters. The van der Waals surface area contributed by atoms with E-state index < -0.39 is 0 Å². The zero-order valence-corrected chi connectivity index (χ0v) is 15.4. The monoisotopic (exact) mass is 359 g/mol. The van der Waals surface area contributed by atoms with Gasteiger partial charge in [0.2, 0.25) is 0 Å². The molecule has 2 aliphatic rings. The highest BCUT2D eigenvalue weighted by atomic mass is 15.5. The summed E-state index contributed by atoms with van der Waals surface area (Å²) >= 11 is 0. The molecule has 1 aliphatic carbocycles. The second kappa shape index (κ2) is 7.68. The lowest BCUT2D eigenvalue weighted by atomic mass is 10.1. The van der Waals surface area contributed by atoms with Crippen LogP contribution < -0.4 is 10.3 Å². The number of nitrogens with zero attached hydrogens (tertiary/aromatic N) is 4. The van der Waals surface area contributed by atoms with Crippen molar-refractivity contribution in [1.29, 1.82) is 5.26 Å². The minimum absolute atomic E-state index is 0.412. The van der Waals surface area contributed by atoms with Crippen LogP contribution in [0.2, 0.25) is 0 Å². The third kappa shape index (κ3) is 4.04. The van der Waals surface area contributed by atoms with Crippen molar-refractivity contribution in [3.05, 3.63) is 53.9 Å². The Bertz CT molecular complexity index is 918. The fraction of sp³-hybridized carbons (Fsp3) is 0.333. The molecule has 136 valence electrons. The molecule has 27 heavy (non-hydrogen) atoms. The summed E-state index contributed by atoms with van der Waals surface area (Å²) in [6.45, 7) is 3.22. The van der Waals surface area contributed by atoms with Crippen LogP contribution in [0.25, 0.3) is 11.4 Å². The first-order chi connectivity index (χ1) is 13.3. The molecule has 2 N–H and O–H groups in total. The van der Waals surface area contributed by atoms with Gasteiger partial charge in [-0.25, -0.2) is 9.97 Å². The smallest absolute Gasteiger partial charge is 0.193 e. The Kier molecular flexibility index (Phi) is 4.95. The molecule has 4 rings (SSSR count). The van der Waals surface area contributed by atoms with E-state index in [4.69, 9.17) is 10.4 Å². The minimum Gasteiger partial charge on any atom is -0.320 e. The Labute approximate surface area is 159 Å². The van der Waals surface area contributed by atoms with Gasteiger partial charge in [0.25, 0.3) is 0 Å². The van der Waals surface area contributed by atoms with Crippen LogP contribution in [-0.2, 0) is 6.42 Å². The Morgan fingerprint density at radius 2 is 2.04 bits per heavy atom. The van der Waals surface area contributed by atoms with E-state index in [1.165, 1.54) is 23.5 Å². The van der Waals surface area contributed by atoms with Crippen LogP contribution in [0, 0.1) is 17.2 Å². The van der Waals surface area contributed by atoms with Crippen LogP contribution in [0.1, 0.15) is 31.7 Å². The average molecular weight is 359 g/mol. The molecular formula is C21H23N6+. The molecule has 1 saturated carbocycles. The number of allylic oxidation sites excluding steroid dienone is 1. The van der Waals surface area contributed by atoms with Gasteiger partial charge >= 0.3 is 0 Å². The van der Waals surface area contributed by atoms with E-state index >= 15 is 0 Å². The van der Waals surface area contributed by atoms with Gasteiger partial charge in [0, 0.05) is 23.8 Å². The number of nitrogens with one attached hydrogen (secondary N) is 2. The van der Waals surface area contributed by atoms with Crippen molar-refractivity contribution in [3.8, 4) is 17.5 Å². The van der Waals surface area contributed by atoms with E-state index in [9.17, 15) is 0 Å². The second-order valence-electron chi connectivity index (χ2n) is 6.99. The molecule has 0 bridgehead atoms. The number of hydrogen-bond donors (Lipinski definition) is 2. The number of quaternary nitrogens is 1. The van der Waals surface area contributed by atoms with Crippen molar-refractivity contribution in [2.45, 2.75) is 32.6 Å². The zero-order valence-electron chi connectivity index (χ0n) is 15.4. The van der Waals surface area contributed by atoms with E-state index in [0.717, 1.165) is 35.7 Å². The maximum atomic E-state index is 8.79. The van der Waals surface area contributed by atoms with Crippen molar-refractivity contribution >= 4 is 11.7 Å². The highest BCUT2D eigenvalue weighted by Gasteiger charge is 2.37. The lowest BCUT2D eigenvalue weighted by Gasteiger charge is -2.09. The molecule has 0 saturated heterocycles. The second-order valence-corrected chi connectivity index (χ2v) is 6.99. The standard InChI is InChI=1S/C21H22N6/c1-2-13-27-18(16-7-8-16)14-20(26-27)24-19-10-12-23-21(25-19)17-5-3-15(4-6-17)9-11-22/h3-6,10,12,14,16H,2,7-9,13H2,1H3,(H,23,24,25,26)/p+1. The molecule has 1 fully saturated rings. The third-order valence-corrected chi connectivity index (χ3v) is 4.79. The van der Waals surface area contributed by atoms with Gasteiger partial charge in [-0.3, -0.25) is 0 Å². The van der Waals surface area contributed by atoms with E-state index in [1.807, 2.05) is 30.3 Å². The van der Waals surface area contributed by atoms with Crippen molar-refractivity contribution in [3.63, 3.8) is 0 Å². The van der Waals surface area contributed by atoms with Crippen LogP contribution in [0.15, 0.2) is 53.4 Å². The first-order valence-electron chi connectivity index (χ1n) is 9.49. The van der Waals surface area contributed by atoms with E-state index in [-0.39, 0.29) is 0 Å². The maximum Gasteiger partial charge on any atom is 0.193 e. The van der Waals surface area contributed by atoms with Crippen molar-refractivity contribution in [1.82, 2.24) is 9.97 Å². The lowest BCUT2D eigenvalue weighted by Crippen LogP contribution is -3.05. The molecule has 1 aromatic carbocycles. The number of benzene rings is 1. The predicted molar refractivity (Wildman–Crippen MR) is 105 cm³/mol. The topological polar surface area (TPSA) is 78.4 Å². The third-order valence-electron chi connectivity index (χ3n) is 4.79. The fourth-order valence-electron chi connectivity index (χ4n) is 3.28. The first-order valence-corrected chi connectivity index (χ1v) is 9.49. The molecule has 1 atom stereocenters. The maximum absolute atomic E-state index is 8.79. The lowest BCUT2D eigenvalue weighted by molar-refractivity contribution is -0.867. The average Bonchev–Trinajstić information content (AvgIpc) is 3.45. The Balaban J connectivity index is 1.51. The molecule has 6 heteroatoms. The normalized spacial score (nSPS) is 18.6. The van der Waals surface area contributed by atoms with Gasteiger partial charge in [-0.05, 0) is 30.9 Å². The number of amidine groups is 1. The van der Waals surface area contributed by atoms with Crippen molar-refractivity contribution in [2.75, 3.05) is 11.9 Å². The Morgan fingerprint density at radius 1 is 1.22 bits per heavy atom. The van der Waals surface area contributed by atoms with Crippen LogP contribution in [0.3, 0.4) is 0 Å². The van der Waals surface area contributed by atoms with Gasteiger partial charge in [0.05, 0.1) is 12.5 Å². The van der Waals surface area contributed by atoms with Crippen molar-refractivity contribution < 1.29 is 5.01 Å². The highest BCUT2D eigenvalue weighted by molar-refractivity contribution is 6.03. The molecule has 1 aromatic heterocycles. The Hall–Kier alpha value is -3.04. The molecule has 0 radical (unpaired) electrons. The van der Waals surface area contributed by atoms with Crippen LogP contribution in [-0.4, -0.2) is 22.3 Å². The molecular weight excluding hydrogens is 336 g/mol. The van der Waals surface area contributed by atoms with E-state index in [1.54, 1.807) is 6.20 Å². The molecule has 2 heterocycles. The molecule has 0 amide bonds. The summed E-state index contributed by atoms with van der Waals surface area (Å²) in [5.41, 5.74) is 3.33. The number of nitriles is 1. The molecule has 2 aromatic rings.